The zero-order chi connectivity index (χ0) is 23.8. The lowest BCUT2D eigenvalue weighted by Crippen LogP contribution is -2.35. The van der Waals surface area contributed by atoms with Crippen LogP contribution in [0.4, 0.5) is 0 Å². The van der Waals surface area contributed by atoms with Gasteiger partial charge in [0, 0.05) is 23.5 Å². The Morgan fingerprint density at radius 2 is 1.76 bits per heavy atom. The van der Waals surface area contributed by atoms with Gasteiger partial charge in [0.2, 0.25) is 5.17 Å². The molecule has 0 unspecified atom stereocenters. The van der Waals surface area contributed by atoms with Crippen molar-refractivity contribution in [3.63, 3.8) is 0 Å². The van der Waals surface area contributed by atoms with Crippen LogP contribution in [0.5, 0.6) is 0 Å². The standard InChI is InChI=1S/C27H25N5OS/c1-4-19-10-12-22(13-11-19)31-17(2)14-21(18(31)3)16-23-25(28)32-27(29-26(23)33)34-24(30-32)15-20-8-6-5-7-9-20/h5-14,16,28H,4,15H2,1-3H3. The number of amides is 1. The molecule has 0 saturated heterocycles. The summed E-state index contributed by atoms with van der Waals surface area (Å²) in [5.41, 5.74) is 6.70. The number of thioether (sulfide) groups is 1. The van der Waals surface area contributed by atoms with E-state index in [1.807, 2.05) is 50.2 Å². The number of hydrazone groups is 1. The number of aromatic nitrogens is 1. The molecule has 3 aromatic rings. The van der Waals surface area contributed by atoms with Crippen LogP contribution >= 0.6 is 11.8 Å². The van der Waals surface area contributed by atoms with Crippen LogP contribution in [0.1, 0.15) is 35.0 Å². The normalized spacial score (nSPS) is 16.7. The molecule has 0 spiro atoms. The van der Waals surface area contributed by atoms with Gasteiger partial charge in [0.15, 0.2) is 5.84 Å². The number of amidine groups is 2. The molecule has 0 saturated carbocycles. The van der Waals surface area contributed by atoms with E-state index in [0.717, 1.165) is 39.7 Å². The van der Waals surface area contributed by atoms with Gasteiger partial charge in [-0.2, -0.15) is 15.1 Å². The highest BCUT2D eigenvalue weighted by Crippen LogP contribution is 2.31. The molecule has 2 aromatic carbocycles. The lowest BCUT2D eigenvalue weighted by molar-refractivity contribution is -0.114. The summed E-state index contributed by atoms with van der Waals surface area (Å²) in [5, 5.41) is 16.0. The third-order valence-corrected chi connectivity index (χ3v) is 6.98. The fourth-order valence-corrected chi connectivity index (χ4v) is 5.16. The second kappa shape index (κ2) is 8.91. The highest BCUT2D eigenvalue weighted by Gasteiger charge is 2.35. The van der Waals surface area contributed by atoms with Crippen molar-refractivity contribution in [3.05, 3.63) is 94.3 Å². The van der Waals surface area contributed by atoms with Crippen molar-refractivity contribution in [2.45, 2.75) is 33.6 Å². The number of rotatable bonds is 5. The number of nitrogens with zero attached hydrogens (tertiary/aromatic N) is 4. The molecule has 170 valence electrons. The van der Waals surface area contributed by atoms with Gasteiger partial charge in [-0.05, 0) is 73.0 Å². The average Bonchev–Trinajstić information content (AvgIpc) is 3.36. The van der Waals surface area contributed by atoms with Gasteiger partial charge in [-0.15, -0.1) is 0 Å². The van der Waals surface area contributed by atoms with Crippen molar-refractivity contribution in [1.82, 2.24) is 9.58 Å². The molecule has 0 fully saturated rings. The largest absolute Gasteiger partial charge is 0.318 e. The van der Waals surface area contributed by atoms with Crippen molar-refractivity contribution in [3.8, 4) is 5.69 Å². The van der Waals surface area contributed by atoms with Gasteiger partial charge in [-0.25, -0.2) is 0 Å². The zero-order valence-electron chi connectivity index (χ0n) is 19.4. The summed E-state index contributed by atoms with van der Waals surface area (Å²) in [6.45, 7) is 6.22. The lowest BCUT2D eigenvalue weighted by atomic mass is 10.1. The maximum atomic E-state index is 12.9. The number of aliphatic imine (C=N–C) groups is 1. The zero-order valence-corrected chi connectivity index (χ0v) is 20.2. The third kappa shape index (κ3) is 4.03. The molecule has 0 aliphatic carbocycles. The number of fused-ring (bicyclic) bond motifs is 1. The SMILES string of the molecule is CCc1ccc(-n2c(C)cc(C=C3C(=N)N4N=C(Cc5ccccc5)SC4=NC3=O)c2C)cc1. The molecule has 0 radical (unpaired) electrons. The molecular weight excluding hydrogens is 442 g/mol. The highest BCUT2D eigenvalue weighted by molar-refractivity contribution is 8.26. The van der Waals surface area contributed by atoms with Crippen LogP contribution in [-0.2, 0) is 17.6 Å². The highest BCUT2D eigenvalue weighted by atomic mass is 32.2. The molecule has 3 heterocycles. The molecule has 5 rings (SSSR count). The monoisotopic (exact) mass is 467 g/mol. The maximum Gasteiger partial charge on any atom is 0.283 e. The minimum absolute atomic E-state index is 0.0580. The van der Waals surface area contributed by atoms with E-state index in [2.05, 4.69) is 45.9 Å². The Hall–Kier alpha value is -3.71. The Labute approximate surface area is 203 Å². The first-order valence-corrected chi connectivity index (χ1v) is 12.1. The molecule has 2 aliphatic heterocycles. The minimum atomic E-state index is -0.406. The summed E-state index contributed by atoms with van der Waals surface area (Å²) in [6.07, 6.45) is 3.40. The maximum absolute atomic E-state index is 12.9. The Balaban J connectivity index is 1.45. The topological polar surface area (TPSA) is 73.8 Å². The van der Waals surface area contributed by atoms with Crippen molar-refractivity contribution >= 4 is 39.8 Å². The van der Waals surface area contributed by atoms with Crippen LogP contribution in [0.3, 0.4) is 0 Å². The van der Waals surface area contributed by atoms with Crippen LogP contribution in [0.25, 0.3) is 11.8 Å². The first kappa shape index (κ1) is 22.1. The first-order valence-electron chi connectivity index (χ1n) is 11.3. The van der Waals surface area contributed by atoms with E-state index in [9.17, 15) is 4.79 Å². The Morgan fingerprint density at radius 3 is 2.47 bits per heavy atom. The number of nitrogens with one attached hydrogen (secondary N) is 1. The molecule has 1 amide bonds. The predicted molar refractivity (Wildman–Crippen MR) is 140 cm³/mol. The first-order chi connectivity index (χ1) is 16.4. The van der Waals surface area contributed by atoms with E-state index in [4.69, 9.17) is 5.41 Å². The van der Waals surface area contributed by atoms with Gasteiger partial charge in [0.25, 0.3) is 5.91 Å². The van der Waals surface area contributed by atoms with Gasteiger partial charge in [-0.3, -0.25) is 10.2 Å². The van der Waals surface area contributed by atoms with E-state index >= 15 is 0 Å². The van der Waals surface area contributed by atoms with Gasteiger partial charge >= 0.3 is 0 Å². The molecule has 1 N–H and O–H groups in total. The number of hydrogen-bond donors (Lipinski definition) is 1. The van der Waals surface area contributed by atoms with E-state index in [1.165, 1.54) is 22.3 Å². The Kier molecular flexibility index (Phi) is 5.79. The summed E-state index contributed by atoms with van der Waals surface area (Å²) in [7, 11) is 0. The summed E-state index contributed by atoms with van der Waals surface area (Å²) in [6, 6.07) is 20.6. The smallest absolute Gasteiger partial charge is 0.283 e. The fourth-order valence-electron chi connectivity index (χ4n) is 4.24. The lowest BCUT2D eigenvalue weighted by Gasteiger charge is -2.20. The molecule has 34 heavy (non-hydrogen) atoms. The molecule has 1 aromatic heterocycles. The van der Waals surface area contributed by atoms with Crippen LogP contribution < -0.4 is 0 Å². The van der Waals surface area contributed by atoms with Crippen molar-refractivity contribution in [1.29, 1.82) is 5.41 Å². The summed E-state index contributed by atoms with van der Waals surface area (Å²) >= 11 is 1.35. The van der Waals surface area contributed by atoms with Gasteiger partial charge < -0.3 is 4.57 Å². The van der Waals surface area contributed by atoms with Crippen LogP contribution in [0, 0.1) is 19.3 Å². The predicted octanol–water partition coefficient (Wildman–Crippen LogP) is 5.52. The number of carbonyl (C=O) groups is 1. The van der Waals surface area contributed by atoms with E-state index in [-0.39, 0.29) is 11.4 Å². The van der Waals surface area contributed by atoms with Gasteiger partial charge in [0.05, 0.1) is 5.57 Å². The van der Waals surface area contributed by atoms with E-state index in [0.29, 0.717) is 11.6 Å². The second-order valence-corrected chi connectivity index (χ2v) is 9.40. The minimum Gasteiger partial charge on any atom is -0.318 e. The fraction of sp³-hybridized carbons (Fsp3) is 0.185. The molecule has 7 heteroatoms. The van der Waals surface area contributed by atoms with Crippen LogP contribution in [0.2, 0.25) is 0 Å². The second-order valence-electron chi connectivity index (χ2n) is 8.36. The van der Waals surface area contributed by atoms with E-state index in [1.54, 1.807) is 6.08 Å². The summed E-state index contributed by atoms with van der Waals surface area (Å²) in [4.78, 5) is 17.1. The number of carbonyl (C=O) groups excluding carboxylic acids is 1. The van der Waals surface area contributed by atoms with Gasteiger partial charge in [-0.1, -0.05) is 49.4 Å². The molecule has 2 aliphatic rings. The van der Waals surface area contributed by atoms with E-state index < -0.39 is 5.91 Å². The Bertz CT molecular complexity index is 1380. The summed E-state index contributed by atoms with van der Waals surface area (Å²) in [5.74, 6) is -0.348. The molecule has 0 atom stereocenters. The Morgan fingerprint density at radius 1 is 1.03 bits per heavy atom. The number of hydrogen-bond acceptors (Lipinski definition) is 4. The molecular formula is C27H25N5OS. The van der Waals surface area contributed by atoms with Crippen molar-refractivity contribution in [2.24, 2.45) is 10.1 Å². The van der Waals surface area contributed by atoms with Crippen molar-refractivity contribution in [2.75, 3.05) is 0 Å². The molecule has 0 bridgehead atoms. The van der Waals surface area contributed by atoms with Gasteiger partial charge in [0.1, 0.15) is 5.04 Å². The quantitative estimate of drug-likeness (QED) is 0.502. The number of benzene rings is 2. The molecule has 6 nitrogen and oxygen atoms in total. The third-order valence-electron chi connectivity index (χ3n) is 6.07. The van der Waals surface area contributed by atoms with Crippen LogP contribution in [0.15, 0.2) is 76.3 Å². The van der Waals surface area contributed by atoms with Crippen molar-refractivity contribution < 1.29 is 4.79 Å². The summed E-state index contributed by atoms with van der Waals surface area (Å²) < 4.78 is 2.17. The average molecular weight is 468 g/mol. The van der Waals surface area contributed by atoms with Crippen LogP contribution in [-0.4, -0.2) is 31.5 Å². The number of aryl methyl sites for hydroxylation is 2.